The van der Waals surface area contributed by atoms with Crippen LogP contribution in [0.5, 0.6) is 5.75 Å². The zero-order chi connectivity index (χ0) is 30.3. The Morgan fingerprint density at radius 3 is 2.40 bits per heavy atom. The van der Waals surface area contributed by atoms with Gasteiger partial charge in [0.15, 0.2) is 5.69 Å². The second-order valence-corrected chi connectivity index (χ2v) is 10.2. The molecule has 40 heavy (non-hydrogen) atoms. The fourth-order valence-electron chi connectivity index (χ4n) is 4.54. The lowest BCUT2D eigenvalue weighted by atomic mass is 9.70. The molecule has 4 N–H and O–H groups in total. The van der Waals surface area contributed by atoms with Crippen molar-refractivity contribution in [2.24, 2.45) is 17.1 Å². The summed E-state index contributed by atoms with van der Waals surface area (Å²) in [6.45, 7) is 5.40. The number of alkyl halides is 3. The highest BCUT2D eigenvalue weighted by molar-refractivity contribution is 7.51. The number of carbonyl (C=O) groups is 2. The summed E-state index contributed by atoms with van der Waals surface area (Å²) >= 11 is 5.88. The Labute approximate surface area is 238 Å². The lowest BCUT2D eigenvalue weighted by Crippen LogP contribution is -2.48. The molecule has 0 saturated heterocycles. The number of carbonyl (C=O) groups excluding carboxylic acids is 2. The summed E-state index contributed by atoms with van der Waals surface area (Å²) in [5.74, 6) is -0.238. The Morgan fingerprint density at radius 2 is 1.90 bits per heavy atom. The summed E-state index contributed by atoms with van der Waals surface area (Å²) in [6.07, 6.45) is -1.53. The van der Waals surface area contributed by atoms with Crippen molar-refractivity contribution < 1.29 is 35.9 Å². The van der Waals surface area contributed by atoms with E-state index in [0.29, 0.717) is 36.6 Å². The molecule has 1 aliphatic carbocycles. The number of amides is 2. The zero-order valence-electron chi connectivity index (χ0n) is 22.6. The number of aromatic nitrogens is 2. The van der Waals surface area contributed by atoms with Gasteiger partial charge in [0.25, 0.3) is 5.91 Å². The predicted molar refractivity (Wildman–Crippen MR) is 145 cm³/mol. The van der Waals surface area contributed by atoms with Gasteiger partial charge in [0.2, 0.25) is 5.91 Å². The third kappa shape index (κ3) is 7.74. The first kappa shape index (κ1) is 33.1. The predicted octanol–water partition coefficient (Wildman–Crippen LogP) is 4.34. The quantitative estimate of drug-likeness (QED) is 0.384. The number of methoxy groups -OCH3 is 1. The molecule has 1 heterocycles. The molecule has 0 aliphatic heterocycles. The van der Waals surface area contributed by atoms with E-state index in [1.54, 1.807) is 6.07 Å². The van der Waals surface area contributed by atoms with Crippen LogP contribution in [0.25, 0.3) is 11.3 Å². The van der Waals surface area contributed by atoms with Crippen LogP contribution in [0.15, 0.2) is 18.2 Å². The monoisotopic (exact) mass is 607 g/mol. The van der Waals surface area contributed by atoms with Gasteiger partial charge in [-0.1, -0.05) is 18.5 Å². The van der Waals surface area contributed by atoms with Gasteiger partial charge in [0, 0.05) is 30.4 Å². The summed E-state index contributed by atoms with van der Waals surface area (Å²) < 4.78 is 62.5. The van der Waals surface area contributed by atoms with Crippen molar-refractivity contribution in [2.75, 3.05) is 19.0 Å². The van der Waals surface area contributed by atoms with Crippen LogP contribution in [0.2, 0.25) is 5.02 Å². The third-order valence-electron chi connectivity index (χ3n) is 7.08. The lowest BCUT2D eigenvalue weighted by Gasteiger charge is -2.36. The van der Waals surface area contributed by atoms with Gasteiger partial charge in [-0.3, -0.25) is 14.3 Å². The Hall–Kier alpha value is -3.13. The summed E-state index contributed by atoms with van der Waals surface area (Å²) in [5.41, 5.74) is 5.92. The maximum Gasteiger partial charge on any atom is 0.408 e. The number of hydrogen-bond donors (Lipinski definition) is 3. The van der Waals surface area contributed by atoms with E-state index in [-0.39, 0.29) is 28.7 Å². The fraction of sp³-hybridized carbons (Fsp3) is 0.560. The van der Waals surface area contributed by atoms with E-state index in [1.807, 2.05) is 6.92 Å². The van der Waals surface area contributed by atoms with Gasteiger partial charge in [-0.15, -0.1) is 0 Å². The molecule has 2 aromatic rings. The van der Waals surface area contributed by atoms with Crippen LogP contribution < -0.4 is 21.1 Å². The van der Waals surface area contributed by atoms with Gasteiger partial charge in [-0.2, -0.15) is 26.7 Å². The van der Waals surface area contributed by atoms with Crippen LogP contribution in [-0.2, 0) is 22.9 Å². The van der Waals surface area contributed by atoms with Gasteiger partial charge in [-0.25, -0.2) is 0 Å². The minimum atomic E-state index is -4.42. The smallest absolute Gasteiger partial charge is 0.408 e. The number of halogens is 4. The lowest BCUT2D eigenvalue weighted by molar-refractivity contribution is -0.138. The van der Waals surface area contributed by atoms with E-state index in [1.165, 1.54) is 23.9 Å². The van der Waals surface area contributed by atoms with Crippen molar-refractivity contribution >= 4 is 40.7 Å². The summed E-state index contributed by atoms with van der Waals surface area (Å²) in [4.78, 5) is 25.4. The molecule has 1 aromatic heterocycles. The van der Waals surface area contributed by atoms with Crippen molar-refractivity contribution in [3.8, 4) is 17.0 Å². The maximum absolute atomic E-state index is 13.1. The van der Waals surface area contributed by atoms with E-state index in [2.05, 4.69) is 22.7 Å². The first-order valence-corrected chi connectivity index (χ1v) is 13.6. The van der Waals surface area contributed by atoms with E-state index in [4.69, 9.17) is 30.5 Å². The van der Waals surface area contributed by atoms with Crippen LogP contribution in [0.1, 0.15) is 56.9 Å². The number of hydrogen-bond acceptors (Lipinski definition) is 7. The second-order valence-electron chi connectivity index (χ2n) is 9.73. The summed E-state index contributed by atoms with van der Waals surface area (Å²) in [7, 11) is 1.39. The normalized spacial score (nSPS) is 19.6. The van der Waals surface area contributed by atoms with Gasteiger partial charge >= 0.3 is 17.7 Å². The Balaban J connectivity index is 0.00000178. The first-order valence-electron chi connectivity index (χ1n) is 12.5. The minimum Gasteiger partial charge on any atom is -0.496 e. The standard InChI is InChI=1S/C25H33ClF3N5O3.O2S/c1-5-34-21(17-7-6-16(12-18(17)37-4)32-15(3)25(27,28)29)19(26)20(33-34)22(35)31-13-24(23(30)36)10-8-14(2)9-11-24;1-3-2/h6-7,12,14-15,32H,5,8-11,13H2,1-4H3,(H2,30,36)(H,31,35);/t14?,15-,24?;/m1./s1. The molecular weight excluding hydrogens is 575 g/mol. The molecule has 222 valence electrons. The number of rotatable bonds is 9. The van der Waals surface area contributed by atoms with Crippen LogP contribution >= 0.6 is 11.6 Å². The van der Waals surface area contributed by atoms with Gasteiger partial charge < -0.3 is 21.1 Å². The molecule has 0 spiro atoms. The average Bonchev–Trinajstić information content (AvgIpc) is 3.24. The third-order valence-corrected chi connectivity index (χ3v) is 7.44. The number of nitrogens with one attached hydrogen (secondary N) is 2. The number of nitrogens with zero attached hydrogens (tertiary/aromatic N) is 2. The van der Waals surface area contributed by atoms with Crippen molar-refractivity contribution in [3.05, 3.63) is 28.9 Å². The van der Waals surface area contributed by atoms with Crippen molar-refractivity contribution in [1.29, 1.82) is 0 Å². The number of benzene rings is 1. The molecule has 2 amide bonds. The molecule has 1 aliphatic rings. The highest BCUT2D eigenvalue weighted by Crippen LogP contribution is 2.40. The molecule has 1 aromatic carbocycles. The zero-order valence-corrected chi connectivity index (χ0v) is 24.1. The van der Waals surface area contributed by atoms with E-state index in [0.717, 1.165) is 19.8 Å². The minimum absolute atomic E-state index is 0.0303. The number of ether oxygens (including phenoxy) is 1. The molecule has 0 bridgehead atoms. The highest BCUT2D eigenvalue weighted by Gasteiger charge is 2.40. The molecule has 0 radical (unpaired) electrons. The Morgan fingerprint density at radius 1 is 1.30 bits per heavy atom. The number of anilines is 1. The number of aryl methyl sites for hydroxylation is 1. The Bertz CT molecular complexity index is 1240. The van der Waals surface area contributed by atoms with Crippen LogP contribution in [-0.4, -0.2) is 55.9 Å². The van der Waals surface area contributed by atoms with Crippen LogP contribution in [0.4, 0.5) is 18.9 Å². The Kier molecular flexibility index (Phi) is 11.6. The first-order chi connectivity index (χ1) is 18.7. The fourth-order valence-corrected chi connectivity index (χ4v) is 4.86. The topological polar surface area (TPSA) is 145 Å². The molecular formula is C25H33ClF3N5O5S. The van der Waals surface area contributed by atoms with Crippen molar-refractivity contribution in [1.82, 2.24) is 15.1 Å². The summed E-state index contributed by atoms with van der Waals surface area (Å²) in [6, 6.07) is 2.71. The molecule has 1 saturated carbocycles. The molecule has 0 unspecified atom stereocenters. The van der Waals surface area contributed by atoms with Crippen LogP contribution in [0.3, 0.4) is 0 Å². The number of nitrogens with two attached hydrogens (primary N) is 1. The molecule has 1 fully saturated rings. The second kappa shape index (κ2) is 14.0. The van der Waals surface area contributed by atoms with E-state index < -0.39 is 41.0 Å². The maximum atomic E-state index is 13.1. The van der Waals surface area contributed by atoms with Crippen LogP contribution in [0, 0.1) is 11.3 Å². The number of primary amides is 1. The molecule has 15 heteroatoms. The molecule has 10 nitrogen and oxygen atoms in total. The molecule has 1 atom stereocenters. The average molecular weight is 608 g/mol. The van der Waals surface area contributed by atoms with Gasteiger partial charge in [0.1, 0.15) is 11.8 Å². The van der Waals surface area contributed by atoms with E-state index >= 15 is 0 Å². The van der Waals surface area contributed by atoms with E-state index in [9.17, 15) is 22.8 Å². The highest BCUT2D eigenvalue weighted by atomic mass is 35.5. The molecule has 3 rings (SSSR count). The van der Waals surface area contributed by atoms with Crippen molar-refractivity contribution in [2.45, 2.75) is 65.2 Å². The van der Waals surface area contributed by atoms with Crippen molar-refractivity contribution in [3.63, 3.8) is 0 Å². The summed E-state index contributed by atoms with van der Waals surface area (Å²) in [5, 5.41) is 9.62. The largest absolute Gasteiger partial charge is 0.496 e. The van der Waals surface area contributed by atoms with Gasteiger partial charge in [0.05, 0.1) is 23.2 Å². The SMILES string of the molecule is CCn1nc(C(=O)NCC2(C(N)=O)CCC(C)CC2)c(Cl)c1-c1ccc(N[C@H](C)C(F)(F)F)cc1OC.O=S=O. The van der Waals surface area contributed by atoms with Gasteiger partial charge in [-0.05, 0) is 57.6 Å².